The zero-order valence-electron chi connectivity index (χ0n) is 9.79. The van der Waals surface area contributed by atoms with E-state index in [9.17, 15) is 14.7 Å². The van der Waals surface area contributed by atoms with Crippen molar-refractivity contribution in [2.75, 3.05) is 11.6 Å². The summed E-state index contributed by atoms with van der Waals surface area (Å²) in [5.41, 5.74) is 0.990. The van der Waals surface area contributed by atoms with Gasteiger partial charge in [0.1, 0.15) is 11.8 Å². The van der Waals surface area contributed by atoms with Crippen molar-refractivity contribution >= 4 is 23.6 Å². The molecule has 18 heavy (non-hydrogen) atoms. The summed E-state index contributed by atoms with van der Waals surface area (Å²) in [5.74, 6) is -0.845. The first-order valence-electron chi connectivity index (χ1n) is 5.42. The fourth-order valence-electron chi connectivity index (χ4n) is 1.82. The first kappa shape index (κ1) is 12.8. The molecule has 2 rings (SSSR count). The topological polar surface area (TPSA) is 77.8 Å². The van der Waals surface area contributed by atoms with Gasteiger partial charge in [0.25, 0.3) is 5.91 Å². The highest BCUT2D eigenvalue weighted by atomic mass is 32.2. The van der Waals surface area contributed by atoms with Crippen LogP contribution < -0.4 is 0 Å². The van der Waals surface area contributed by atoms with Crippen molar-refractivity contribution in [1.82, 2.24) is 4.90 Å². The van der Waals surface area contributed by atoms with E-state index in [2.05, 4.69) is 0 Å². The predicted octanol–water partition coefficient (Wildman–Crippen LogP) is 1.30. The molecule has 1 saturated heterocycles. The number of nitrogens with zero attached hydrogens (tertiary/aromatic N) is 1. The second-order valence-electron chi connectivity index (χ2n) is 4.15. The molecule has 5 nitrogen and oxygen atoms in total. The number of phenols is 1. The molecule has 0 radical (unpaired) electrons. The van der Waals surface area contributed by atoms with Crippen LogP contribution in [-0.4, -0.2) is 44.7 Å². The lowest BCUT2D eigenvalue weighted by Crippen LogP contribution is -2.41. The number of thioether (sulfide) groups is 1. The van der Waals surface area contributed by atoms with Gasteiger partial charge in [0, 0.05) is 5.75 Å². The molecule has 0 saturated carbocycles. The molecule has 6 heteroatoms. The lowest BCUT2D eigenvalue weighted by Gasteiger charge is -2.20. The van der Waals surface area contributed by atoms with Crippen molar-refractivity contribution in [3.63, 3.8) is 0 Å². The summed E-state index contributed by atoms with van der Waals surface area (Å²) in [7, 11) is 0. The smallest absolute Gasteiger partial charge is 0.327 e. The number of hydrogen-bond donors (Lipinski definition) is 2. The minimum atomic E-state index is -1.01. The highest BCUT2D eigenvalue weighted by Gasteiger charge is 2.35. The van der Waals surface area contributed by atoms with E-state index in [0.29, 0.717) is 11.6 Å². The summed E-state index contributed by atoms with van der Waals surface area (Å²) in [5, 5.41) is 18.8. The van der Waals surface area contributed by atoms with Gasteiger partial charge in [-0.05, 0) is 24.6 Å². The zero-order valence-corrected chi connectivity index (χ0v) is 10.6. The Labute approximate surface area is 108 Å². The van der Waals surface area contributed by atoms with Crippen LogP contribution in [0.25, 0.3) is 0 Å². The highest BCUT2D eigenvalue weighted by Crippen LogP contribution is 2.27. The van der Waals surface area contributed by atoms with Crippen LogP contribution in [0.3, 0.4) is 0 Å². The minimum Gasteiger partial charge on any atom is -0.507 e. The lowest BCUT2D eigenvalue weighted by atomic mass is 10.1. The third kappa shape index (κ3) is 2.28. The predicted molar refractivity (Wildman–Crippen MR) is 67.8 cm³/mol. The van der Waals surface area contributed by atoms with E-state index < -0.39 is 17.9 Å². The Bertz CT molecular complexity index is 503. The molecule has 0 bridgehead atoms. The molecule has 1 atom stereocenters. The summed E-state index contributed by atoms with van der Waals surface area (Å²) in [6.07, 6.45) is 0. The number of aryl methyl sites for hydroxylation is 1. The number of aromatic hydroxyl groups is 1. The summed E-state index contributed by atoms with van der Waals surface area (Å²) >= 11 is 1.39. The molecule has 96 valence electrons. The van der Waals surface area contributed by atoms with Crippen molar-refractivity contribution in [3.8, 4) is 5.75 Å². The number of aliphatic carboxylic acids is 1. The molecule has 1 aliphatic heterocycles. The van der Waals surface area contributed by atoms with Crippen LogP contribution >= 0.6 is 11.8 Å². The molecular weight excluding hydrogens is 254 g/mol. The minimum absolute atomic E-state index is 0.110. The summed E-state index contributed by atoms with van der Waals surface area (Å²) < 4.78 is 0. The van der Waals surface area contributed by atoms with Gasteiger partial charge in [-0.1, -0.05) is 6.07 Å². The fraction of sp³-hybridized carbons (Fsp3) is 0.333. The molecule has 0 unspecified atom stereocenters. The largest absolute Gasteiger partial charge is 0.507 e. The molecule has 1 fully saturated rings. The summed E-state index contributed by atoms with van der Waals surface area (Å²) in [6, 6.07) is 3.91. The van der Waals surface area contributed by atoms with Crippen molar-refractivity contribution < 1.29 is 19.8 Å². The molecule has 1 aromatic rings. The number of amides is 1. The first-order valence-corrected chi connectivity index (χ1v) is 6.57. The third-order valence-electron chi connectivity index (χ3n) is 2.81. The number of hydrogen-bond acceptors (Lipinski definition) is 4. The Morgan fingerprint density at radius 1 is 1.44 bits per heavy atom. The maximum Gasteiger partial charge on any atom is 0.327 e. The number of phenolic OH excluding ortho intramolecular Hbond substituents is 1. The number of carboxylic acid groups (broad SMARTS) is 1. The normalized spacial score (nSPS) is 18.9. The Hall–Kier alpha value is -1.69. The Morgan fingerprint density at radius 2 is 2.17 bits per heavy atom. The number of benzene rings is 1. The average Bonchev–Trinajstić information content (AvgIpc) is 2.77. The average molecular weight is 267 g/mol. The third-order valence-corrected chi connectivity index (χ3v) is 3.82. The van der Waals surface area contributed by atoms with E-state index in [1.165, 1.54) is 28.8 Å². The monoisotopic (exact) mass is 267 g/mol. The van der Waals surface area contributed by atoms with Gasteiger partial charge in [-0.15, -0.1) is 11.8 Å². The molecule has 0 aliphatic carbocycles. The summed E-state index contributed by atoms with van der Waals surface area (Å²) in [6.45, 7) is 1.81. The molecule has 1 aromatic carbocycles. The highest BCUT2D eigenvalue weighted by molar-refractivity contribution is 7.99. The van der Waals surface area contributed by atoms with Gasteiger partial charge in [-0.3, -0.25) is 4.79 Å². The van der Waals surface area contributed by atoms with E-state index in [4.69, 9.17) is 5.11 Å². The van der Waals surface area contributed by atoms with Crippen LogP contribution in [-0.2, 0) is 4.79 Å². The zero-order chi connectivity index (χ0) is 13.3. The van der Waals surface area contributed by atoms with E-state index in [1.807, 2.05) is 0 Å². The van der Waals surface area contributed by atoms with Gasteiger partial charge in [0.05, 0.1) is 11.4 Å². The maximum atomic E-state index is 12.2. The van der Waals surface area contributed by atoms with Gasteiger partial charge in [0.15, 0.2) is 0 Å². The molecular formula is C12H13NO4S. The Kier molecular flexibility index (Phi) is 3.47. The van der Waals surface area contributed by atoms with Crippen LogP contribution in [0.1, 0.15) is 15.9 Å². The summed E-state index contributed by atoms with van der Waals surface area (Å²) in [4.78, 5) is 24.5. The van der Waals surface area contributed by atoms with Crippen molar-refractivity contribution in [2.45, 2.75) is 13.0 Å². The molecule has 1 heterocycles. The number of carbonyl (C=O) groups is 2. The molecule has 2 N–H and O–H groups in total. The first-order chi connectivity index (χ1) is 8.50. The van der Waals surface area contributed by atoms with Gasteiger partial charge in [-0.2, -0.15) is 0 Å². The standard InChI is InChI=1S/C12H13NO4S/c1-7-2-3-8(10(14)4-7)11(15)13-6-18-5-9(13)12(16)17/h2-4,9,14H,5-6H2,1H3,(H,16,17)/t9-/m0/s1. The van der Waals surface area contributed by atoms with Crippen molar-refractivity contribution in [3.05, 3.63) is 29.3 Å². The number of carbonyl (C=O) groups excluding carboxylic acids is 1. The molecule has 0 aromatic heterocycles. The number of rotatable bonds is 2. The fourth-order valence-corrected chi connectivity index (χ4v) is 2.97. The van der Waals surface area contributed by atoms with Crippen LogP contribution in [0.15, 0.2) is 18.2 Å². The second kappa shape index (κ2) is 4.89. The van der Waals surface area contributed by atoms with E-state index in [-0.39, 0.29) is 11.3 Å². The Balaban J connectivity index is 2.28. The second-order valence-corrected chi connectivity index (χ2v) is 5.15. The van der Waals surface area contributed by atoms with Crippen LogP contribution in [0.4, 0.5) is 0 Å². The lowest BCUT2D eigenvalue weighted by molar-refractivity contribution is -0.140. The SMILES string of the molecule is Cc1ccc(C(=O)N2CSC[C@H]2C(=O)O)c(O)c1. The van der Waals surface area contributed by atoms with Gasteiger partial charge >= 0.3 is 5.97 Å². The van der Waals surface area contributed by atoms with Gasteiger partial charge < -0.3 is 15.1 Å². The van der Waals surface area contributed by atoms with E-state index >= 15 is 0 Å². The van der Waals surface area contributed by atoms with Crippen molar-refractivity contribution in [1.29, 1.82) is 0 Å². The molecule has 1 aliphatic rings. The molecule has 0 spiro atoms. The quantitative estimate of drug-likeness (QED) is 0.844. The van der Waals surface area contributed by atoms with E-state index in [1.54, 1.807) is 13.0 Å². The van der Waals surface area contributed by atoms with Gasteiger partial charge in [-0.25, -0.2) is 4.79 Å². The molecule has 1 amide bonds. The Morgan fingerprint density at radius 3 is 2.78 bits per heavy atom. The van der Waals surface area contributed by atoms with Crippen molar-refractivity contribution in [2.24, 2.45) is 0 Å². The van der Waals surface area contributed by atoms with Gasteiger partial charge in [0.2, 0.25) is 0 Å². The van der Waals surface area contributed by atoms with Crippen LogP contribution in [0.5, 0.6) is 5.75 Å². The number of carboxylic acids is 1. The van der Waals surface area contributed by atoms with E-state index in [0.717, 1.165) is 5.56 Å². The maximum absolute atomic E-state index is 12.2. The van der Waals surface area contributed by atoms with Crippen LogP contribution in [0.2, 0.25) is 0 Å². The van der Waals surface area contributed by atoms with Crippen LogP contribution in [0, 0.1) is 6.92 Å².